The van der Waals surface area contributed by atoms with Crippen LogP contribution in [0.2, 0.25) is 0 Å². The number of thioether (sulfide) groups is 1. The number of carbonyl (C=O) groups excluding carboxylic acids is 1. The molecule has 3 rings (SSSR count). The molecule has 1 atom stereocenters. The fourth-order valence-electron chi connectivity index (χ4n) is 2.44. The second kappa shape index (κ2) is 8.48. The summed E-state index contributed by atoms with van der Waals surface area (Å²) in [6.07, 6.45) is -0.682. The van der Waals surface area contributed by atoms with E-state index in [0.717, 1.165) is 5.56 Å². The number of nitrogens with one attached hydrogen (secondary N) is 1. The van der Waals surface area contributed by atoms with Crippen molar-refractivity contribution < 1.29 is 9.90 Å². The number of benzene rings is 1. The summed E-state index contributed by atoms with van der Waals surface area (Å²) in [6.45, 7) is 2.22. The molecule has 2 heterocycles. The Balaban J connectivity index is 1.71. The summed E-state index contributed by atoms with van der Waals surface area (Å²) in [7, 11) is 0. The minimum Gasteiger partial charge on any atom is -0.392 e. The summed E-state index contributed by atoms with van der Waals surface area (Å²) >= 11 is 2.53. The van der Waals surface area contributed by atoms with Crippen LogP contribution in [0.4, 0.5) is 0 Å². The van der Waals surface area contributed by atoms with Crippen LogP contribution in [-0.4, -0.2) is 32.4 Å². The molecule has 1 unspecified atom stereocenters. The molecule has 0 saturated heterocycles. The van der Waals surface area contributed by atoms with E-state index in [1.54, 1.807) is 13.0 Å². The highest BCUT2D eigenvalue weighted by molar-refractivity contribution is 7.99. The second-order valence-electron chi connectivity index (χ2n) is 5.85. The van der Waals surface area contributed by atoms with Gasteiger partial charge in [-0.2, -0.15) is 0 Å². The average molecular weight is 390 g/mol. The fourth-order valence-corrected chi connectivity index (χ4v) is 4.05. The van der Waals surface area contributed by atoms with Gasteiger partial charge < -0.3 is 10.4 Å². The van der Waals surface area contributed by atoms with E-state index in [1.807, 2.05) is 35.7 Å². The van der Waals surface area contributed by atoms with E-state index in [2.05, 4.69) is 10.3 Å². The van der Waals surface area contributed by atoms with Gasteiger partial charge in [0.25, 0.3) is 5.56 Å². The van der Waals surface area contributed by atoms with Gasteiger partial charge in [0.2, 0.25) is 5.91 Å². The van der Waals surface area contributed by atoms with E-state index in [1.165, 1.54) is 27.7 Å². The average Bonchev–Trinajstić information content (AvgIpc) is 3.10. The van der Waals surface area contributed by atoms with E-state index in [9.17, 15) is 14.7 Å². The number of fused-ring (bicyclic) bond motifs is 1. The smallest absolute Gasteiger partial charge is 0.272 e. The van der Waals surface area contributed by atoms with Crippen LogP contribution < -0.4 is 10.9 Å². The molecule has 0 bridgehead atoms. The van der Waals surface area contributed by atoms with Crippen LogP contribution >= 0.6 is 23.1 Å². The van der Waals surface area contributed by atoms with E-state index < -0.39 is 6.10 Å². The number of aliphatic hydroxyl groups excluding tert-OH is 1. The molecule has 0 radical (unpaired) electrons. The fraction of sp³-hybridized carbons (Fsp3) is 0.278. The summed E-state index contributed by atoms with van der Waals surface area (Å²) in [5.74, 6) is 0.0106. The number of amides is 1. The molecule has 1 aromatic carbocycles. The molecule has 0 aliphatic rings. The highest BCUT2D eigenvalue weighted by Gasteiger charge is 2.15. The molecule has 0 fully saturated rings. The summed E-state index contributed by atoms with van der Waals surface area (Å²) < 4.78 is 2.00. The van der Waals surface area contributed by atoms with Gasteiger partial charge in [-0.05, 0) is 23.9 Å². The highest BCUT2D eigenvalue weighted by atomic mass is 32.2. The predicted octanol–water partition coefficient (Wildman–Crippen LogP) is 2.25. The van der Waals surface area contributed by atoms with Crippen LogP contribution in [0.3, 0.4) is 0 Å². The van der Waals surface area contributed by atoms with Crippen LogP contribution in [-0.2, 0) is 17.9 Å². The van der Waals surface area contributed by atoms with Gasteiger partial charge >= 0.3 is 0 Å². The standard InChI is InChI=1S/C18H19N3O3S2/c1-12(22)10-21-17(24)16-14(7-8-25-16)20-18(21)26-11-15(23)19-9-13-5-3-2-4-6-13/h2-8,12,22H,9-11H2,1H3,(H,19,23). The third-order valence-corrected chi connectivity index (χ3v) is 5.51. The Morgan fingerprint density at radius 1 is 1.35 bits per heavy atom. The van der Waals surface area contributed by atoms with E-state index >= 15 is 0 Å². The van der Waals surface area contributed by atoms with Crippen molar-refractivity contribution in [2.45, 2.75) is 31.3 Å². The Labute approximate surface area is 158 Å². The Hall–Kier alpha value is -2.16. The van der Waals surface area contributed by atoms with Gasteiger partial charge in [-0.15, -0.1) is 11.3 Å². The SMILES string of the molecule is CC(O)Cn1c(SCC(=O)NCc2ccccc2)nc2ccsc2c1=O. The summed E-state index contributed by atoms with van der Waals surface area (Å²) in [5.41, 5.74) is 1.46. The predicted molar refractivity (Wildman–Crippen MR) is 105 cm³/mol. The molecule has 0 aliphatic heterocycles. The van der Waals surface area contributed by atoms with Crippen LogP contribution in [0.15, 0.2) is 51.7 Å². The molecule has 0 saturated carbocycles. The summed E-state index contributed by atoms with van der Waals surface area (Å²) in [4.78, 5) is 29.2. The van der Waals surface area contributed by atoms with E-state index in [0.29, 0.717) is 21.9 Å². The molecule has 1 amide bonds. The first kappa shape index (κ1) is 18.6. The third-order valence-electron chi connectivity index (χ3n) is 3.64. The lowest BCUT2D eigenvalue weighted by Crippen LogP contribution is -2.28. The molecule has 136 valence electrons. The number of hydrogen-bond acceptors (Lipinski definition) is 6. The quantitative estimate of drug-likeness (QED) is 0.478. The maximum Gasteiger partial charge on any atom is 0.272 e. The first-order chi connectivity index (χ1) is 12.5. The summed E-state index contributed by atoms with van der Waals surface area (Å²) in [6, 6.07) is 11.4. The number of nitrogens with zero attached hydrogens (tertiary/aromatic N) is 2. The van der Waals surface area contributed by atoms with Crippen molar-refractivity contribution in [3.8, 4) is 0 Å². The van der Waals surface area contributed by atoms with Gasteiger partial charge in [0, 0.05) is 6.54 Å². The monoisotopic (exact) mass is 389 g/mol. The minimum absolute atomic E-state index is 0.137. The lowest BCUT2D eigenvalue weighted by Gasteiger charge is -2.13. The maximum absolute atomic E-state index is 12.6. The topological polar surface area (TPSA) is 84.2 Å². The number of thiophene rings is 1. The molecule has 2 N–H and O–H groups in total. The maximum atomic E-state index is 12.6. The van der Waals surface area contributed by atoms with Crippen LogP contribution in [0.25, 0.3) is 10.2 Å². The van der Waals surface area contributed by atoms with Crippen molar-refractivity contribution in [1.82, 2.24) is 14.9 Å². The lowest BCUT2D eigenvalue weighted by atomic mass is 10.2. The van der Waals surface area contributed by atoms with Gasteiger partial charge in [-0.25, -0.2) is 4.98 Å². The van der Waals surface area contributed by atoms with Gasteiger partial charge in [-0.3, -0.25) is 14.2 Å². The molecule has 26 heavy (non-hydrogen) atoms. The molecule has 2 aromatic heterocycles. The number of hydrogen-bond donors (Lipinski definition) is 2. The number of carbonyl (C=O) groups is 1. The molecular weight excluding hydrogens is 370 g/mol. The van der Waals surface area contributed by atoms with Crippen LogP contribution in [0.1, 0.15) is 12.5 Å². The van der Waals surface area contributed by atoms with Crippen molar-refractivity contribution in [1.29, 1.82) is 0 Å². The van der Waals surface area contributed by atoms with Crippen molar-refractivity contribution in [3.63, 3.8) is 0 Å². The number of aromatic nitrogens is 2. The van der Waals surface area contributed by atoms with Crippen molar-refractivity contribution in [3.05, 3.63) is 57.7 Å². The second-order valence-corrected chi connectivity index (χ2v) is 7.70. The van der Waals surface area contributed by atoms with Crippen LogP contribution in [0, 0.1) is 0 Å². The van der Waals surface area contributed by atoms with Crippen molar-refractivity contribution in [2.24, 2.45) is 0 Å². The zero-order chi connectivity index (χ0) is 18.5. The Morgan fingerprint density at radius 3 is 2.85 bits per heavy atom. The molecule has 0 aliphatic carbocycles. The van der Waals surface area contributed by atoms with Crippen LogP contribution in [0.5, 0.6) is 0 Å². The highest BCUT2D eigenvalue weighted by Crippen LogP contribution is 2.21. The Bertz CT molecular complexity index is 951. The molecule has 0 spiro atoms. The lowest BCUT2D eigenvalue weighted by molar-refractivity contribution is -0.118. The number of aliphatic hydroxyl groups is 1. The molecule has 6 nitrogen and oxygen atoms in total. The Kier molecular flexibility index (Phi) is 6.08. The minimum atomic E-state index is -0.682. The largest absolute Gasteiger partial charge is 0.392 e. The first-order valence-electron chi connectivity index (χ1n) is 8.14. The molecule has 8 heteroatoms. The third kappa shape index (κ3) is 4.51. The van der Waals surface area contributed by atoms with Crippen molar-refractivity contribution >= 4 is 39.2 Å². The van der Waals surface area contributed by atoms with E-state index in [-0.39, 0.29) is 23.8 Å². The normalized spacial score (nSPS) is 12.2. The van der Waals surface area contributed by atoms with Crippen molar-refractivity contribution in [2.75, 3.05) is 5.75 Å². The zero-order valence-corrected chi connectivity index (χ0v) is 15.8. The number of rotatable bonds is 7. The Morgan fingerprint density at radius 2 is 2.12 bits per heavy atom. The van der Waals surface area contributed by atoms with Gasteiger partial charge in [0.05, 0.1) is 23.9 Å². The first-order valence-corrected chi connectivity index (χ1v) is 10.0. The van der Waals surface area contributed by atoms with Gasteiger partial charge in [0.15, 0.2) is 5.16 Å². The zero-order valence-electron chi connectivity index (χ0n) is 14.2. The molecule has 3 aromatic rings. The van der Waals surface area contributed by atoms with Gasteiger partial charge in [-0.1, -0.05) is 42.1 Å². The van der Waals surface area contributed by atoms with Gasteiger partial charge in [0.1, 0.15) is 4.70 Å². The molecular formula is C18H19N3O3S2. The summed E-state index contributed by atoms with van der Waals surface area (Å²) in [5, 5.41) is 14.8. The van der Waals surface area contributed by atoms with E-state index in [4.69, 9.17) is 0 Å².